The number of hydrogen-bond acceptors (Lipinski definition) is 2. The Morgan fingerprint density at radius 1 is 1.41 bits per heavy atom. The molecule has 0 aliphatic carbocycles. The lowest BCUT2D eigenvalue weighted by atomic mass is 10.1. The highest BCUT2D eigenvalue weighted by atomic mass is 19.4. The van der Waals surface area contributed by atoms with Gasteiger partial charge in [0.1, 0.15) is 5.82 Å². The lowest BCUT2D eigenvalue weighted by Gasteiger charge is -2.08. The van der Waals surface area contributed by atoms with E-state index < -0.39 is 24.5 Å². The number of halogens is 4. The first kappa shape index (κ1) is 13.4. The highest BCUT2D eigenvalue weighted by Crippen LogP contribution is 2.14. The summed E-state index contributed by atoms with van der Waals surface area (Å²) in [6.07, 6.45) is -4.52. The van der Waals surface area contributed by atoms with Crippen molar-refractivity contribution in [3.05, 3.63) is 35.1 Å². The summed E-state index contributed by atoms with van der Waals surface area (Å²) in [6, 6.07) is 3.41. The zero-order chi connectivity index (χ0) is 13.1. The van der Waals surface area contributed by atoms with Gasteiger partial charge in [-0.2, -0.15) is 13.2 Å². The van der Waals surface area contributed by atoms with Gasteiger partial charge in [-0.3, -0.25) is 9.63 Å². The van der Waals surface area contributed by atoms with Crippen LogP contribution in [-0.4, -0.2) is 18.7 Å². The lowest BCUT2D eigenvalue weighted by Crippen LogP contribution is -2.29. The van der Waals surface area contributed by atoms with Crippen molar-refractivity contribution in [2.45, 2.75) is 13.1 Å². The molecule has 3 nitrogen and oxygen atoms in total. The SMILES string of the molecule is Cc1cc(C(=O)NOCC(F)(F)F)ccc1F. The first-order valence-electron chi connectivity index (χ1n) is 4.54. The van der Waals surface area contributed by atoms with Gasteiger partial charge >= 0.3 is 6.18 Å². The predicted octanol–water partition coefficient (Wildman–Crippen LogP) is 2.36. The molecule has 1 N–H and O–H groups in total. The molecule has 0 saturated carbocycles. The lowest BCUT2D eigenvalue weighted by molar-refractivity contribution is -0.184. The van der Waals surface area contributed by atoms with Crippen LogP contribution in [0.3, 0.4) is 0 Å². The van der Waals surface area contributed by atoms with Gasteiger partial charge in [-0.15, -0.1) is 0 Å². The second-order valence-corrected chi connectivity index (χ2v) is 3.30. The van der Waals surface area contributed by atoms with E-state index in [-0.39, 0.29) is 11.1 Å². The topological polar surface area (TPSA) is 38.3 Å². The third-order valence-corrected chi connectivity index (χ3v) is 1.82. The third-order valence-electron chi connectivity index (χ3n) is 1.82. The van der Waals surface area contributed by atoms with Crippen LogP contribution in [0.1, 0.15) is 15.9 Å². The molecule has 94 valence electrons. The minimum atomic E-state index is -4.52. The molecule has 0 heterocycles. The van der Waals surface area contributed by atoms with Crippen LogP contribution in [0.25, 0.3) is 0 Å². The van der Waals surface area contributed by atoms with Crippen molar-refractivity contribution < 1.29 is 27.2 Å². The van der Waals surface area contributed by atoms with Gasteiger partial charge in [0.2, 0.25) is 0 Å². The molecule has 0 aromatic heterocycles. The Labute approximate surface area is 94.3 Å². The maximum Gasteiger partial charge on any atom is 0.414 e. The van der Waals surface area contributed by atoms with Gasteiger partial charge < -0.3 is 0 Å². The summed E-state index contributed by atoms with van der Waals surface area (Å²) < 4.78 is 48.0. The van der Waals surface area contributed by atoms with E-state index >= 15 is 0 Å². The van der Waals surface area contributed by atoms with Crippen LogP contribution in [-0.2, 0) is 4.84 Å². The van der Waals surface area contributed by atoms with Crippen molar-refractivity contribution in [1.29, 1.82) is 0 Å². The Hall–Kier alpha value is -1.63. The summed E-state index contributed by atoms with van der Waals surface area (Å²) in [5, 5.41) is 0. The molecule has 0 saturated heterocycles. The van der Waals surface area contributed by atoms with Crippen LogP contribution in [0.2, 0.25) is 0 Å². The van der Waals surface area contributed by atoms with E-state index in [1.54, 1.807) is 5.48 Å². The van der Waals surface area contributed by atoms with E-state index in [1.165, 1.54) is 13.0 Å². The van der Waals surface area contributed by atoms with Gasteiger partial charge in [0.15, 0.2) is 6.61 Å². The Kier molecular flexibility index (Phi) is 4.06. The van der Waals surface area contributed by atoms with Crippen LogP contribution in [0.4, 0.5) is 17.6 Å². The first-order chi connectivity index (χ1) is 7.79. The van der Waals surface area contributed by atoms with Gasteiger partial charge in [-0.1, -0.05) is 0 Å². The van der Waals surface area contributed by atoms with E-state index in [1.807, 2.05) is 0 Å². The van der Waals surface area contributed by atoms with E-state index in [9.17, 15) is 22.4 Å². The van der Waals surface area contributed by atoms with E-state index in [0.29, 0.717) is 0 Å². The zero-order valence-electron chi connectivity index (χ0n) is 8.77. The number of benzene rings is 1. The molecule has 0 aliphatic rings. The Morgan fingerprint density at radius 2 is 2.06 bits per heavy atom. The molecule has 0 spiro atoms. The largest absolute Gasteiger partial charge is 0.414 e. The summed E-state index contributed by atoms with van der Waals surface area (Å²) in [5.41, 5.74) is 1.86. The van der Waals surface area contributed by atoms with Gasteiger partial charge in [-0.25, -0.2) is 9.87 Å². The van der Waals surface area contributed by atoms with Crippen molar-refractivity contribution in [2.75, 3.05) is 6.61 Å². The Morgan fingerprint density at radius 3 is 2.59 bits per heavy atom. The average molecular weight is 251 g/mol. The average Bonchev–Trinajstić information content (AvgIpc) is 2.20. The van der Waals surface area contributed by atoms with Crippen LogP contribution >= 0.6 is 0 Å². The fourth-order valence-electron chi connectivity index (χ4n) is 1.03. The molecule has 0 unspecified atom stereocenters. The molecule has 1 aromatic carbocycles. The Balaban J connectivity index is 2.56. The van der Waals surface area contributed by atoms with Gasteiger partial charge in [-0.05, 0) is 30.7 Å². The van der Waals surface area contributed by atoms with Crippen molar-refractivity contribution in [1.82, 2.24) is 5.48 Å². The molecular weight excluding hydrogens is 242 g/mol. The normalized spacial score (nSPS) is 11.4. The summed E-state index contributed by atoms with van der Waals surface area (Å²) in [5.74, 6) is -1.37. The highest BCUT2D eigenvalue weighted by Gasteiger charge is 2.28. The minimum absolute atomic E-state index is 0.0195. The van der Waals surface area contributed by atoms with E-state index in [4.69, 9.17) is 0 Å². The smallest absolute Gasteiger partial charge is 0.267 e. The van der Waals surface area contributed by atoms with E-state index in [0.717, 1.165) is 12.1 Å². The monoisotopic (exact) mass is 251 g/mol. The van der Waals surface area contributed by atoms with Gasteiger partial charge in [0.25, 0.3) is 5.91 Å². The molecule has 1 amide bonds. The number of alkyl halides is 3. The molecule has 0 fully saturated rings. The fourth-order valence-corrected chi connectivity index (χ4v) is 1.03. The second-order valence-electron chi connectivity index (χ2n) is 3.30. The maximum absolute atomic E-state index is 12.9. The number of aryl methyl sites for hydroxylation is 1. The summed E-state index contributed by atoms with van der Waals surface area (Å²) in [4.78, 5) is 15.2. The molecule has 17 heavy (non-hydrogen) atoms. The first-order valence-corrected chi connectivity index (χ1v) is 4.54. The molecule has 0 aliphatic heterocycles. The highest BCUT2D eigenvalue weighted by molar-refractivity contribution is 5.93. The summed E-state index contributed by atoms with van der Waals surface area (Å²) in [6.45, 7) is -0.151. The predicted molar refractivity (Wildman–Crippen MR) is 50.6 cm³/mol. The third kappa shape index (κ3) is 4.39. The number of carbonyl (C=O) groups is 1. The number of nitrogens with one attached hydrogen (secondary N) is 1. The quantitative estimate of drug-likeness (QED) is 0.661. The number of amides is 1. The van der Waals surface area contributed by atoms with Crippen LogP contribution < -0.4 is 5.48 Å². The van der Waals surface area contributed by atoms with Crippen molar-refractivity contribution in [3.63, 3.8) is 0 Å². The summed E-state index contributed by atoms with van der Waals surface area (Å²) >= 11 is 0. The number of carbonyl (C=O) groups excluding carboxylic acids is 1. The van der Waals surface area contributed by atoms with Crippen molar-refractivity contribution >= 4 is 5.91 Å². The van der Waals surface area contributed by atoms with Gasteiger partial charge in [0.05, 0.1) is 0 Å². The van der Waals surface area contributed by atoms with Crippen LogP contribution in [0, 0.1) is 12.7 Å². The number of hydrogen-bond donors (Lipinski definition) is 1. The minimum Gasteiger partial charge on any atom is -0.267 e. The second kappa shape index (κ2) is 5.13. The van der Waals surface area contributed by atoms with E-state index in [2.05, 4.69) is 4.84 Å². The molecule has 7 heteroatoms. The molecular formula is C10H9F4NO2. The van der Waals surface area contributed by atoms with Gasteiger partial charge in [0, 0.05) is 5.56 Å². The number of rotatable bonds is 3. The molecule has 1 rings (SSSR count). The fraction of sp³-hybridized carbons (Fsp3) is 0.300. The van der Waals surface area contributed by atoms with Crippen LogP contribution in [0.15, 0.2) is 18.2 Å². The molecule has 0 atom stereocenters. The Bertz CT molecular complexity index is 417. The molecule has 1 aromatic rings. The molecule has 0 bridgehead atoms. The van der Waals surface area contributed by atoms with Crippen LogP contribution in [0.5, 0.6) is 0 Å². The van der Waals surface area contributed by atoms with Crippen molar-refractivity contribution in [3.8, 4) is 0 Å². The maximum atomic E-state index is 12.9. The zero-order valence-corrected chi connectivity index (χ0v) is 8.77. The molecule has 0 radical (unpaired) electrons. The van der Waals surface area contributed by atoms with Crippen molar-refractivity contribution in [2.24, 2.45) is 0 Å². The standard InChI is InChI=1S/C10H9F4NO2/c1-6-4-7(2-3-8(6)11)9(16)15-17-5-10(12,13)14/h2-4H,5H2,1H3,(H,15,16). The number of hydroxylamine groups is 1. The summed E-state index contributed by atoms with van der Waals surface area (Å²) in [7, 11) is 0.